The zero-order valence-electron chi connectivity index (χ0n) is 21.2. The van der Waals surface area contributed by atoms with Gasteiger partial charge in [-0.3, -0.25) is 0 Å². The van der Waals surface area contributed by atoms with Crippen molar-refractivity contribution in [2.45, 2.75) is 58.4 Å². The lowest BCUT2D eigenvalue weighted by Crippen LogP contribution is -2.30. The number of nitrogens with zero attached hydrogens (tertiary/aromatic N) is 4. The number of imidazole rings is 1. The van der Waals surface area contributed by atoms with E-state index in [1.807, 2.05) is 18.7 Å². The summed E-state index contributed by atoms with van der Waals surface area (Å²) >= 11 is 0. The Kier molecular flexibility index (Phi) is 8.72. The van der Waals surface area contributed by atoms with Gasteiger partial charge in [0.25, 0.3) is 0 Å². The van der Waals surface area contributed by atoms with Crippen LogP contribution in [0.2, 0.25) is 0 Å². The van der Waals surface area contributed by atoms with Gasteiger partial charge < -0.3 is 9.47 Å². The first-order valence-corrected chi connectivity index (χ1v) is 12.9. The molecule has 1 heterocycles. The molecule has 0 amide bonds. The van der Waals surface area contributed by atoms with Gasteiger partial charge in [0.1, 0.15) is 5.84 Å². The number of unbranched alkanes of at least 4 members (excludes halogenated alkanes) is 2. The van der Waals surface area contributed by atoms with Gasteiger partial charge in [0.2, 0.25) is 0 Å². The Morgan fingerprint density at radius 2 is 1.89 bits per heavy atom. The second-order valence-electron chi connectivity index (χ2n) is 9.41. The predicted octanol–water partition coefficient (Wildman–Crippen LogP) is 7.32. The normalized spacial score (nSPS) is 17.0. The second-order valence-corrected chi connectivity index (χ2v) is 9.41. The van der Waals surface area contributed by atoms with Gasteiger partial charge in [-0.15, -0.1) is 0 Å². The minimum absolute atomic E-state index is 0.335. The van der Waals surface area contributed by atoms with E-state index in [2.05, 4.69) is 95.7 Å². The number of amidine groups is 1. The topological polar surface area (TPSA) is 33.4 Å². The summed E-state index contributed by atoms with van der Waals surface area (Å²) in [4.78, 5) is 11.5. The molecule has 3 aromatic rings. The predicted molar refractivity (Wildman–Crippen MR) is 148 cm³/mol. The number of fused-ring (bicyclic) bond motifs is 1. The van der Waals surface area contributed by atoms with Crippen LogP contribution in [-0.4, -0.2) is 33.4 Å². The van der Waals surface area contributed by atoms with Crippen molar-refractivity contribution in [3.05, 3.63) is 108 Å². The standard InChI is InChI=1S/C31H38N4/c1-4-18-35(20-12-6-11-19-34-21-17-32-24-34)26(3)33-23-28-22-31(27-13-7-5-8-14-27)30-16-10-9-15-29(30)25(28)2/h5,7-10,13-17,21,23-24,31H,2,4,6,11-12,18-20,22H2,1,3H3/b28-23-,33-26?. The highest BCUT2D eigenvalue weighted by atomic mass is 15.2. The van der Waals surface area contributed by atoms with Gasteiger partial charge >= 0.3 is 0 Å². The molecule has 0 aliphatic heterocycles. The van der Waals surface area contributed by atoms with E-state index in [1.54, 1.807) is 0 Å². The van der Waals surface area contributed by atoms with Gasteiger partial charge in [0, 0.05) is 44.1 Å². The van der Waals surface area contributed by atoms with Crippen LogP contribution in [0.3, 0.4) is 0 Å². The van der Waals surface area contributed by atoms with Crippen LogP contribution in [0.1, 0.15) is 68.6 Å². The Morgan fingerprint density at radius 3 is 2.66 bits per heavy atom. The SMILES string of the molecule is C=C1/C(=C\N=C(C)N(CCC)CCCCCn2ccnc2)CC(c2ccccc2)c2ccccc21. The smallest absolute Gasteiger partial charge is 0.101 e. The zero-order chi connectivity index (χ0) is 24.5. The van der Waals surface area contributed by atoms with Crippen LogP contribution in [0.15, 0.2) is 96.7 Å². The van der Waals surface area contributed by atoms with Gasteiger partial charge in [-0.1, -0.05) is 68.1 Å². The van der Waals surface area contributed by atoms with Crippen LogP contribution in [0, 0.1) is 0 Å². The molecule has 4 nitrogen and oxygen atoms in total. The highest BCUT2D eigenvalue weighted by molar-refractivity contribution is 5.84. The molecule has 0 fully saturated rings. The summed E-state index contributed by atoms with van der Waals surface area (Å²) in [5.74, 6) is 1.43. The molecule has 1 aromatic heterocycles. The first kappa shape index (κ1) is 24.7. The lowest BCUT2D eigenvalue weighted by atomic mass is 9.75. The molecule has 35 heavy (non-hydrogen) atoms. The maximum absolute atomic E-state index is 4.97. The number of aliphatic imine (C=N–C) groups is 1. The van der Waals surface area contributed by atoms with Gasteiger partial charge in [0.15, 0.2) is 0 Å². The molecule has 2 aromatic carbocycles. The summed E-state index contributed by atoms with van der Waals surface area (Å²) < 4.78 is 2.15. The van der Waals surface area contributed by atoms with E-state index in [4.69, 9.17) is 4.99 Å². The molecule has 1 atom stereocenters. The summed E-state index contributed by atoms with van der Waals surface area (Å²) in [6.45, 7) is 12.0. The third kappa shape index (κ3) is 6.39. The van der Waals surface area contributed by atoms with Crippen molar-refractivity contribution < 1.29 is 0 Å². The molecule has 1 aliphatic carbocycles. The van der Waals surface area contributed by atoms with Crippen LogP contribution in [0.5, 0.6) is 0 Å². The fourth-order valence-corrected chi connectivity index (χ4v) is 4.97. The molecule has 4 heteroatoms. The monoisotopic (exact) mass is 466 g/mol. The van der Waals surface area contributed by atoms with Crippen LogP contribution in [0.25, 0.3) is 5.57 Å². The van der Waals surface area contributed by atoms with Gasteiger partial charge in [-0.05, 0) is 66.9 Å². The van der Waals surface area contributed by atoms with E-state index >= 15 is 0 Å². The second kappa shape index (κ2) is 12.3. The zero-order valence-corrected chi connectivity index (χ0v) is 21.2. The molecular formula is C31H38N4. The van der Waals surface area contributed by atoms with E-state index in [0.29, 0.717) is 5.92 Å². The lowest BCUT2D eigenvalue weighted by molar-refractivity contribution is 0.395. The molecule has 0 radical (unpaired) electrons. The molecule has 0 saturated carbocycles. The minimum Gasteiger partial charge on any atom is -0.360 e. The fraction of sp³-hybridized carbons (Fsp3) is 0.355. The van der Waals surface area contributed by atoms with Crippen molar-refractivity contribution in [2.24, 2.45) is 4.99 Å². The van der Waals surface area contributed by atoms with E-state index in [9.17, 15) is 0 Å². The Bertz CT molecular complexity index is 1140. The number of hydrogen-bond donors (Lipinski definition) is 0. The Labute approximate surface area is 210 Å². The number of aromatic nitrogens is 2. The number of hydrogen-bond acceptors (Lipinski definition) is 2. The highest BCUT2D eigenvalue weighted by Crippen LogP contribution is 2.43. The first-order chi connectivity index (χ1) is 17.2. The maximum Gasteiger partial charge on any atom is 0.101 e. The van der Waals surface area contributed by atoms with Gasteiger partial charge in [-0.25, -0.2) is 9.98 Å². The Hall–Kier alpha value is -3.40. The molecule has 1 unspecified atom stereocenters. The molecule has 0 N–H and O–H groups in total. The molecular weight excluding hydrogens is 428 g/mol. The molecule has 0 bridgehead atoms. The molecule has 0 spiro atoms. The molecule has 1 aliphatic rings. The summed E-state index contributed by atoms with van der Waals surface area (Å²) in [6, 6.07) is 19.5. The van der Waals surface area contributed by atoms with E-state index in [1.165, 1.54) is 41.5 Å². The van der Waals surface area contributed by atoms with Crippen LogP contribution < -0.4 is 0 Å². The minimum atomic E-state index is 0.335. The Morgan fingerprint density at radius 1 is 1.09 bits per heavy atom. The average Bonchev–Trinajstić information content (AvgIpc) is 3.41. The number of rotatable bonds is 10. The third-order valence-electron chi connectivity index (χ3n) is 6.94. The van der Waals surface area contributed by atoms with Crippen molar-refractivity contribution in [2.75, 3.05) is 13.1 Å². The van der Waals surface area contributed by atoms with E-state index in [-0.39, 0.29) is 0 Å². The van der Waals surface area contributed by atoms with Crippen molar-refractivity contribution in [1.29, 1.82) is 0 Å². The summed E-state index contributed by atoms with van der Waals surface area (Å²) in [5, 5.41) is 0. The first-order valence-electron chi connectivity index (χ1n) is 12.9. The fourth-order valence-electron chi connectivity index (χ4n) is 4.97. The largest absolute Gasteiger partial charge is 0.360 e. The van der Waals surface area contributed by atoms with E-state index < -0.39 is 0 Å². The van der Waals surface area contributed by atoms with Crippen molar-refractivity contribution in [3.8, 4) is 0 Å². The van der Waals surface area contributed by atoms with Crippen molar-refractivity contribution in [3.63, 3.8) is 0 Å². The Balaban J connectivity index is 1.44. The average molecular weight is 467 g/mol. The summed E-state index contributed by atoms with van der Waals surface area (Å²) in [7, 11) is 0. The number of aryl methyl sites for hydroxylation is 1. The third-order valence-corrected chi connectivity index (χ3v) is 6.94. The van der Waals surface area contributed by atoms with Crippen LogP contribution in [-0.2, 0) is 6.54 Å². The molecule has 182 valence electrons. The number of allylic oxidation sites excluding steroid dienone is 2. The van der Waals surface area contributed by atoms with Gasteiger partial charge in [-0.2, -0.15) is 0 Å². The summed E-state index contributed by atoms with van der Waals surface area (Å²) in [5.41, 5.74) is 6.29. The van der Waals surface area contributed by atoms with Crippen molar-refractivity contribution in [1.82, 2.24) is 14.5 Å². The van der Waals surface area contributed by atoms with Crippen LogP contribution in [0.4, 0.5) is 0 Å². The molecule has 4 rings (SSSR count). The lowest BCUT2D eigenvalue weighted by Gasteiger charge is -2.29. The van der Waals surface area contributed by atoms with Crippen LogP contribution >= 0.6 is 0 Å². The summed E-state index contributed by atoms with van der Waals surface area (Å²) in [6.07, 6.45) is 13.5. The molecule has 0 saturated heterocycles. The number of benzene rings is 2. The van der Waals surface area contributed by atoms with Crippen molar-refractivity contribution >= 4 is 11.4 Å². The van der Waals surface area contributed by atoms with Gasteiger partial charge in [0.05, 0.1) is 6.33 Å². The quantitative estimate of drug-likeness (QED) is 0.178. The maximum atomic E-state index is 4.97. The van der Waals surface area contributed by atoms with E-state index in [0.717, 1.165) is 43.9 Å². The highest BCUT2D eigenvalue weighted by Gasteiger charge is 2.26.